The van der Waals surface area contributed by atoms with E-state index in [1.165, 1.54) is 7.11 Å². The molecule has 0 fully saturated rings. The number of ether oxygens (including phenoxy) is 3. The zero-order valence-corrected chi connectivity index (χ0v) is 10.8. The van der Waals surface area contributed by atoms with E-state index < -0.39 is 6.16 Å². The van der Waals surface area contributed by atoms with Gasteiger partial charge in [-0.1, -0.05) is 0 Å². The molecule has 0 atom stereocenters. The summed E-state index contributed by atoms with van der Waals surface area (Å²) in [5.41, 5.74) is 1.22. The summed E-state index contributed by atoms with van der Waals surface area (Å²) in [5, 5.41) is 0. The number of nitrogens with zero attached hydrogens (tertiary/aromatic N) is 1. The van der Waals surface area contributed by atoms with Crippen molar-refractivity contribution in [3.05, 3.63) is 30.0 Å². The number of methoxy groups -OCH3 is 2. The van der Waals surface area contributed by atoms with Gasteiger partial charge in [0.05, 0.1) is 14.2 Å². The SMILES string of the molecule is COC(=O)Oc1oc(-c2ccc(OC)cc2)nc1C. The van der Waals surface area contributed by atoms with Crippen molar-refractivity contribution in [1.29, 1.82) is 0 Å². The van der Waals surface area contributed by atoms with E-state index in [2.05, 4.69) is 9.72 Å². The van der Waals surface area contributed by atoms with Crippen LogP contribution in [0.5, 0.6) is 11.7 Å². The highest BCUT2D eigenvalue weighted by Crippen LogP contribution is 2.28. The van der Waals surface area contributed by atoms with Gasteiger partial charge in [-0.3, -0.25) is 0 Å². The third-order valence-electron chi connectivity index (χ3n) is 2.43. The highest BCUT2D eigenvalue weighted by molar-refractivity contribution is 5.63. The van der Waals surface area contributed by atoms with Crippen molar-refractivity contribution in [3.63, 3.8) is 0 Å². The molecular weight excluding hydrogens is 250 g/mol. The molecule has 100 valence electrons. The lowest BCUT2D eigenvalue weighted by Crippen LogP contribution is -2.07. The predicted octanol–water partition coefficient (Wildman–Crippen LogP) is 2.80. The van der Waals surface area contributed by atoms with Crippen LogP contribution in [0.15, 0.2) is 28.7 Å². The Labute approximate surface area is 109 Å². The number of oxazole rings is 1. The molecule has 0 spiro atoms. The lowest BCUT2D eigenvalue weighted by Gasteiger charge is -2.00. The van der Waals surface area contributed by atoms with Gasteiger partial charge in [-0.2, -0.15) is 0 Å². The standard InChI is InChI=1S/C13H13NO5/c1-8-12(19-13(15)17-3)18-11(14-8)9-4-6-10(16-2)7-5-9/h4-7H,1-3H3. The minimum absolute atomic E-state index is 0.0256. The first-order valence-corrected chi connectivity index (χ1v) is 5.51. The molecule has 1 heterocycles. The molecular formula is C13H13NO5. The Morgan fingerprint density at radius 2 is 1.89 bits per heavy atom. The quantitative estimate of drug-likeness (QED) is 0.793. The predicted molar refractivity (Wildman–Crippen MR) is 66.3 cm³/mol. The topological polar surface area (TPSA) is 70.8 Å². The second-order valence-corrected chi connectivity index (χ2v) is 3.68. The number of carbonyl (C=O) groups is 1. The highest BCUT2D eigenvalue weighted by Gasteiger charge is 2.16. The number of hydrogen-bond acceptors (Lipinski definition) is 6. The summed E-state index contributed by atoms with van der Waals surface area (Å²) in [6.07, 6.45) is -0.847. The Morgan fingerprint density at radius 1 is 1.21 bits per heavy atom. The Balaban J connectivity index is 2.25. The summed E-state index contributed by atoms with van der Waals surface area (Å²) < 4.78 is 19.7. The summed E-state index contributed by atoms with van der Waals surface area (Å²) in [7, 11) is 2.81. The maximum Gasteiger partial charge on any atom is 0.516 e. The monoisotopic (exact) mass is 263 g/mol. The molecule has 0 saturated heterocycles. The van der Waals surface area contributed by atoms with E-state index in [1.54, 1.807) is 38.3 Å². The molecule has 0 aliphatic carbocycles. The van der Waals surface area contributed by atoms with E-state index in [0.29, 0.717) is 11.6 Å². The van der Waals surface area contributed by atoms with E-state index in [-0.39, 0.29) is 5.95 Å². The van der Waals surface area contributed by atoms with Crippen molar-refractivity contribution >= 4 is 6.16 Å². The molecule has 6 nitrogen and oxygen atoms in total. The van der Waals surface area contributed by atoms with E-state index in [4.69, 9.17) is 13.9 Å². The summed E-state index contributed by atoms with van der Waals surface area (Å²) >= 11 is 0. The molecule has 0 unspecified atom stereocenters. The summed E-state index contributed by atoms with van der Waals surface area (Å²) in [5.74, 6) is 1.12. The van der Waals surface area contributed by atoms with Gasteiger partial charge in [-0.25, -0.2) is 9.78 Å². The number of benzene rings is 1. The second kappa shape index (κ2) is 5.43. The first-order chi connectivity index (χ1) is 9.13. The van der Waals surface area contributed by atoms with E-state index >= 15 is 0 Å². The zero-order chi connectivity index (χ0) is 13.8. The third-order valence-corrected chi connectivity index (χ3v) is 2.43. The molecule has 0 amide bonds. The molecule has 0 radical (unpaired) electrons. The Kier molecular flexibility index (Phi) is 3.70. The fraction of sp³-hybridized carbons (Fsp3) is 0.231. The van der Waals surface area contributed by atoms with Crippen molar-refractivity contribution in [2.24, 2.45) is 0 Å². The van der Waals surface area contributed by atoms with Crippen LogP contribution in [0.3, 0.4) is 0 Å². The molecule has 0 bridgehead atoms. The van der Waals surface area contributed by atoms with Crippen LogP contribution >= 0.6 is 0 Å². The highest BCUT2D eigenvalue weighted by atomic mass is 16.7. The van der Waals surface area contributed by atoms with Crippen molar-refractivity contribution < 1.29 is 23.4 Å². The van der Waals surface area contributed by atoms with Crippen LogP contribution in [0, 0.1) is 6.92 Å². The molecule has 0 aliphatic heterocycles. The van der Waals surface area contributed by atoms with E-state index in [1.807, 2.05) is 0 Å². The number of aromatic nitrogens is 1. The third kappa shape index (κ3) is 2.85. The average Bonchev–Trinajstić information content (AvgIpc) is 2.80. The molecule has 6 heteroatoms. The van der Waals surface area contributed by atoms with Crippen molar-refractivity contribution in [2.45, 2.75) is 6.92 Å². The maximum atomic E-state index is 11.0. The summed E-state index contributed by atoms with van der Waals surface area (Å²) in [6.45, 7) is 1.68. The first kappa shape index (κ1) is 12.9. The maximum absolute atomic E-state index is 11.0. The van der Waals surface area contributed by atoms with Gasteiger partial charge in [0.25, 0.3) is 0 Å². The van der Waals surface area contributed by atoms with Crippen molar-refractivity contribution in [1.82, 2.24) is 4.98 Å². The Hall–Kier alpha value is -2.50. The average molecular weight is 263 g/mol. The van der Waals surface area contributed by atoms with Crippen LogP contribution < -0.4 is 9.47 Å². The lowest BCUT2D eigenvalue weighted by molar-refractivity contribution is 0.111. The van der Waals surface area contributed by atoms with Gasteiger partial charge in [0, 0.05) is 5.56 Å². The Morgan fingerprint density at radius 3 is 2.47 bits per heavy atom. The molecule has 19 heavy (non-hydrogen) atoms. The van der Waals surface area contributed by atoms with Crippen LogP contribution in [0.2, 0.25) is 0 Å². The normalized spacial score (nSPS) is 10.1. The molecule has 1 aromatic heterocycles. The second-order valence-electron chi connectivity index (χ2n) is 3.68. The molecule has 1 aromatic carbocycles. The number of carbonyl (C=O) groups excluding carboxylic acids is 1. The van der Waals surface area contributed by atoms with Gasteiger partial charge in [0.1, 0.15) is 11.4 Å². The fourth-order valence-electron chi connectivity index (χ4n) is 1.45. The van der Waals surface area contributed by atoms with Crippen LogP contribution in [0.4, 0.5) is 4.79 Å². The molecule has 0 saturated carbocycles. The van der Waals surface area contributed by atoms with E-state index in [9.17, 15) is 4.79 Å². The zero-order valence-electron chi connectivity index (χ0n) is 10.8. The van der Waals surface area contributed by atoms with Crippen LogP contribution in [0.25, 0.3) is 11.5 Å². The molecule has 0 aliphatic rings. The lowest BCUT2D eigenvalue weighted by atomic mass is 10.2. The minimum atomic E-state index is -0.847. The largest absolute Gasteiger partial charge is 0.516 e. The van der Waals surface area contributed by atoms with Crippen LogP contribution in [0.1, 0.15) is 5.69 Å². The van der Waals surface area contributed by atoms with Gasteiger partial charge in [0.15, 0.2) is 0 Å². The van der Waals surface area contributed by atoms with Crippen molar-refractivity contribution in [3.8, 4) is 23.1 Å². The summed E-state index contributed by atoms with van der Waals surface area (Å²) in [6, 6.07) is 7.17. The van der Waals surface area contributed by atoms with Gasteiger partial charge >= 0.3 is 12.1 Å². The fourth-order valence-corrected chi connectivity index (χ4v) is 1.45. The number of hydrogen-bond donors (Lipinski definition) is 0. The van der Waals surface area contributed by atoms with Crippen LogP contribution in [-0.2, 0) is 4.74 Å². The minimum Gasteiger partial charge on any atom is -0.497 e. The van der Waals surface area contributed by atoms with Gasteiger partial charge in [-0.05, 0) is 31.2 Å². The summed E-state index contributed by atoms with van der Waals surface area (Å²) in [4.78, 5) is 15.2. The van der Waals surface area contributed by atoms with Crippen molar-refractivity contribution in [2.75, 3.05) is 14.2 Å². The molecule has 0 N–H and O–H groups in total. The van der Waals surface area contributed by atoms with Gasteiger partial charge in [0.2, 0.25) is 5.89 Å². The van der Waals surface area contributed by atoms with Crippen LogP contribution in [-0.4, -0.2) is 25.4 Å². The number of aryl methyl sites for hydroxylation is 1. The van der Waals surface area contributed by atoms with E-state index in [0.717, 1.165) is 11.3 Å². The van der Waals surface area contributed by atoms with Gasteiger partial charge in [-0.15, -0.1) is 0 Å². The Bertz CT molecular complexity index is 573. The number of rotatable bonds is 3. The first-order valence-electron chi connectivity index (χ1n) is 5.51. The molecule has 2 aromatic rings. The smallest absolute Gasteiger partial charge is 0.497 e. The molecule has 2 rings (SSSR count). The van der Waals surface area contributed by atoms with Gasteiger partial charge < -0.3 is 18.6 Å².